The summed E-state index contributed by atoms with van der Waals surface area (Å²) in [5.41, 5.74) is 4.95. The van der Waals surface area contributed by atoms with Crippen LogP contribution in [0.4, 0.5) is 5.69 Å². The summed E-state index contributed by atoms with van der Waals surface area (Å²) in [5, 5.41) is 15.6. The Morgan fingerprint density at radius 1 is 0.776 bits per heavy atom. The van der Waals surface area contributed by atoms with E-state index in [4.69, 9.17) is 0 Å². The molecule has 0 aliphatic carbocycles. The molecule has 8 nitrogen and oxygen atoms in total. The largest absolute Gasteiger partial charge is 0.481 e. The first-order valence-electron chi connectivity index (χ1n) is 18.0. The van der Waals surface area contributed by atoms with E-state index in [9.17, 15) is 19.5 Å². The van der Waals surface area contributed by atoms with E-state index in [0.29, 0.717) is 31.4 Å². The van der Waals surface area contributed by atoms with Crippen LogP contribution in [-0.4, -0.2) is 39.4 Å². The Morgan fingerprint density at radius 3 is 2.00 bits per heavy atom. The minimum absolute atomic E-state index is 0.175. The van der Waals surface area contributed by atoms with Crippen LogP contribution in [0.1, 0.15) is 97.0 Å². The van der Waals surface area contributed by atoms with Gasteiger partial charge in [-0.05, 0) is 79.8 Å². The molecule has 0 bridgehead atoms. The number of carboxylic acid groups (broad SMARTS) is 1. The molecule has 1 unspecified atom stereocenters. The zero-order valence-corrected chi connectivity index (χ0v) is 30.4. The lowest BCUT2D eigenvalue weighted by atomic mass is 9.86. The first-order chi connectivity index (χ1) is 23.6. The number of nitrogens with one attached hydrogen (secondary N) is 3. The maximum atomic E-state index is 13.3. The monoisotopic (exact) mass is 670 g/mol. The molecule has 3 aromatic carbocycles. The number of aromatic amines is 1. The SMILES string of the molecule is CC.CC(C)C.CCCc1ccc(CC[C@H](CC(CCCCc2nc3ccccc3[nH]2)C(=O)O)C(=O)NCC(=O)Nc2ccccc2)cc1. The third-order valence-corrected chi connectivity index (χ3v) is 7.77. The number of unbranched alkanes of at least 4 members (excludes halogenated alkanes) is 1. The molecule has 0 aliphatic heterocycles. The third kappa shape index (κ3) is 16.0. The fourth-order valence-electron chi connectivity index (χ4n) is 5.39. The number of benzene rings is 3. The van der Waals surface area contributed by atoms with Crippen molar-refractivity contribution < 1.29 is 19.5 Å². The molecule has 4 rings (SSSR count). The molecule has 0 aliphatic rings. The molecule has 0 radical (unpaired) electrons. The lowest BCUT2D eigenvalue weighted by Gasteiger charge is -2.21. The van der Waals surface area contributed by atoms with E-state index < -0.39 is 17.8 Å². The van der Waals surface area contributed by atoms with Gasteiger partial charge >= 0.3 is 5.97 Å². The van der Waals surface area contributed by atoms with Crippen LogP contribution >= 0.6 is 0 Å². The highest BCUT2D eigenvalue weighted by molar-refractivity contribution is 5.94. The number of fused-ring (bicyclic) bond motifs is 1. The third-order valence-electron chi connectivity index (χ3n) is 7.77. The molecular formula is C41H58N4O4. The molecule has 49 heavy (non-hydrogen) atoms. The first-order valence-corrected chi connectivity index (χ1v) is 18.0. The van der Waals surface area contributed by atoms with Crippen LogP contribution in [0, 0.1) is 17.8 Å². The quantitative estimate of drug-likeness (QED) is 0.0835. The Labute approximate surface area is 293 Å². The van der Waals surface area contributed by atoms with E-state index in [1.165, 1.54) is 5.56 Å². The number of imidazole rings is 1. The number of anilines is 1. The molecule has 2 atom stereocenters. The predicted octanol–water partition coefficient (Wildman–Crippen LogP) is 9.01. The van der Waals surface area contributed by atoms with Crippen molar-refractivity contribution >= 4 is 34.5 Å². The Kier molecular flexibility index (Phi) is 19.1. The number of rotatable bonds is 17. The maximum absolute atomic E-state index is 13.3. The highest BCUT2D eigenvalue weighted by atomic mass is 16.4. The van der Waals surface area contributed by atoms with Crippen molar-refractivity contribution in [2.75, 3.05) is 11.9 Å². The molecule has 4 aromatic rings. The molecule has 1 heterocycles. The number of carbonyl (C=O) groups is 3. The van der Waals surface area contributed by atoms with Gasteiger partial charge in [0.05, 0.1) is 23.5 Å². The topological polar surface area (TPSA) is 124 Å². The number of carboxylic acids is 1. The van der Waals surface area contributed by atoms with Gasteiger partial charge in [0.15, 0.2) is 0 Å². The van der Waals surface area contributed by atoms with E-state index in [-0.39, 0.29) is 24.8 Å². The van der Waals surface area contributed by atoms with Gasteiger partial charge in [-0.2, -0.15) is 0 Å². The molecule has 0 saturated carbocycles. The van der Waals surface area contributed by atoms with Gasteiger partial charge in [0, 0.05) is 18.0 Å². The van der Waals surface area contributed by atoms with Gasteiger partial charge in [-0.15, -0.1) is 0 Å². The number of para-hydroxylation sites is 3. The maximum Gasteiger partial charge on any atom is 0.306 e. The number of aromatic nitrogens is 2. The molecule has 4 N–H and O–H groups in total. The second-order valence-corrected chi connectivity index (χ2v) is 12.9. The highest BCUT2D eigenvalue weighted by Crippen LogP contribution is 2.24. The Balaban J connectivity index is 0.00000129. The minimum Gasteiger partial charge on any atom is -0.481 e. The normalized spacial score (nSPS) is 11.8. The number of H-pyrrole nitrogens is 1. The van der Waals surface area contributed by atoms with Crippen molar-refractivity contribution in [2.24, 2.45) is 17.8 Å². The van der Waals surface area contributed by atoms with Crippen LogP contribution in [0.3, 0.4) is 0 Å². The van der Waals surface area contributed by atoms with E-state index in [1.54, 1.807) is 12.1 Å². The van der Waals surface area contributed by atoms with Crippen LogP contribution in [-0.2, 0) is 33.6 Å². The van der Waals surface area contributed by atoms with Crippen molar-refractivity contribution in [1.82, 2.24) is 15.3 Å². The Morgan fingerprint density at radius 2 is 1.39 bits per heavy atom. The molecule has 1 aromatic heterocycles. The lowest BCUT2D eigenvalue weighted by molar-refractivity contribution is -0.143. The summed E-state index contributed by atoms with van der Waals surface area (Å²) in [6, 6.07) is 25.3. The molecular weight excluding hydrogens is 612 g/mol. The number of aliphatic carboxylic acids is 1. The van der Waals surface area contributed by atoms with Crippen LogP contribution in [0.25, 0.3) is 11.0 Å². The lowest BCUT2D eigenvalue weighted by Crippen LogP contribution is -2.38. The van der Waals surface area contributed by atoms with Crippen molar-refractivity contribution in [3.05, 3.63) is 95.8 Å². The highest BCUT2D eigenvalue weighted by Gasteiger charge is 2.27. The van der Waals surface area contributed by atoms with Crippen LogP contribution in [0.15, 0.2) is 78.9 Å². The van der Waals surface area contributed by atoms with Crippen molar-refractivity contribution in [3.8, 4) is 0 Å². The number of amides is 2. The standard InChI is InChI=1S/C35H42N4O4.C4H10.C2H6/c1-2-10-25-17-19-26(20-18-25)21-22-27(34(41)36-24-33(40)37-29-12-4-3-5-13-29)23-28(35(42)43)11-6-9-16-32-38-30-14-7-8-15-31(30)39-32;1-4(2)3;1-2/h3-5,7-8,12-15,17-20,27-28H,2,6,9-11,16,21-24H2,1H3,(H,36,41)(H,37,40)(H,38,39)(H,42,43);4H,1-3H3;1-2H3/t27-,28?;;/m1../s1. The van der Waals surface area contributed by atoms with Gasteiger partial charge in [0.25, 0.3) is 0 Å². The molecule has 8 heteroatoms. The average Bonchev–Trinajstić information content (AvgIpc) is 3.51. The second-order valence-electron chi connectivity index (χ2n) is 12.9. The van der Waals surface area contributed by atoms with Crippen LogP contribution < -0.4 is 10.6 Å². The fraction of sp³-hybridized carbons (Fsp3) is 0.463. The Hall–Kier alpha value is -4.46. The average molecular weight is 671 g/mol. The predicted molar refractivity (Wildman–Crippen MR) is 202 cm³/mol. The van der Waals surface area contributed by atoms with Gasteiger partial charge in [-0.1, -0.05) is 109 Å². The van der Waals surface area contributed by atoms with E-state index in [2.05, 4.69) is 72.6 Å². The molecule has 0 fully saturated rings. The van der Waals surface area contributed by atoms with Gasteiger partial charge in [0.1, 0.15) is 5.82 Å². The summed E-state index contributed by atoms with van der Waals surface area (Å²) in [4.78, 5) is 46.0. The van der Waals surface area contributed by atoms with E-state index >= 15 is 0 Å². The fourth-order valence-corrected chi connectivity index (χ4v) is 5.39. The zero-order chi connectivity index (χ0) is 36.0. The number of hydrogen-bond donors (Lipinski definition) is 4. The summed E-state index contributed by atoms with van der Waals surface area (Å²) in [6.45, 7) is 12.5. The summed E-state index contributed by atoms with van der Waals surface area (Å²) in [6.07, 6.45) is 6.18. The smallest absolute Gasteiger partial charge is 0.306 e. The number of nitrogens with zero attached hydrogens (tertiary/aromatic N) is 1. The van der Waals surface area contributed by atoms with Crippen LogP contribution in [0.2, 0.25) is 0 Å². The van der Waals surface area contributed by atoms with E-state index in [0.717, 1.165) is 54.0 Å². The molecule has 266 valence electrons. The summed E-state index contributed by atoms with van der Waals surface area (Å²) in [7, 11) is 0. The van der Waals surface area contributed by atoms with Gasteiger partial charge in [0.2, 0.25) is 11.8 Å². The minimum atomic E-state index is -0.896. The molecule has 2 amide bonds. The van der Waals surface area contributed by atoms with E-state index in [1.807, 2.05) is 56.3 Å². The molecule has 0 spiro atoms. The zero-order valence-electron chi connectivity index (χ0n) is 30.4. The summed E-state index contributed by atoms with van der Waals surface area (Å²) >= 11 is 0. The number of carbonyl (C=O) groups excluding carboxylic acids is 2. The first kappa shape index (κ1) is 40.7. The summed E-state index contributed by atoms with van der Waals surface area (Å²) < 4.78 is 0. The number of aryl methyl sites for hydroxylation is 3. The van der Waals surface area contributed by atoms with Crippen molar-refractivity contribution in [3.63, 3.8) is 0 Å². The number of hydrogen-bond acceptors (Lipinski definition) is 4. The Bertz CT molecular complexity index is 1480. The van der Waals surface area contributed by atoms with Gasteiger partial charge < -0.3 is 20.7 Å². The second kappa shape index (κ2) is 23.0. The van der Waals surface area contributed by atoms with Gasteiger partial charge in [-0.3, -0.25) is 14.4 Å². The van der Waals surface area contributed by atoms with Crippen molar-refractivity contribution in [2.45, 2.75) is 99.3 Å². The molecule has 0 saturated heterocycles. The van der Waals surface area contributed by atoms with Gasteiger partial charge in [-0.25, -0.2) is 4.98 Å². The van der Waals surface area contributed by atoms with Crippen LogP contribution in [0.5, 0.6) is 0 Å². The summed E-state index contributed by atoms with van der Waals surface area (Å²) in [5.74, 6) is -0.978. The van der Waals surface area contributed by atoms with Crippen molar-refractivity contribution in [1.29, 1.82) is 0 Å².